The van der Waals surface area contributed by atoms with Gasteiger partial charge in [-0.05, 0) is 51.0 Å². The van der Waals surface area contributed by atoms with Gasteiger partial charge in [0, 0.05) is 32.1 Å². The van der Waals surface area contributed by atoms with Crippen molar-refractivity contribution in [3.63, 3.8) is 0 Å². The van der Waals surface area contributed by atoms with Crippen LogP contribution in [0.25, 0.3) is 0 Å². The highest BCUT2D eigenvalue weighted by molar-refractivity contribution is 5.74. The summed E-state index contributed by atoms with van der Waals surface area (Å²) in [6.07, 6.45) is 10.6. The van der Waals surface area contributed by atoms with Gasteiger partial charge in [-0.2, -0.15) is 0 Å². The van der Waals surface area contributed by atoms with Gasteiger partial charge >= 0.3 is 0 Å². The molecule has 0 spiro atoms. The minimum atomic E-state index is 0.256. The van der Waals surface area contributed by atoms with Crippen molar-refractivity contribution >= 4 is 5.91 Å². The number of nitrogens with zero attached hydrogens (tertiary/aromatic N) is 2. The van der Waals surface area contributed by atoms with Crippen molar-refractivity contribution in [3.8, 4) is 0 Å². The van der Waals surface area contributed by atoms with E-state index in [2.05, 4.69) is 16.7 Å². The van der Waals surface area contributed by atoms with Crippen LogP contribution in [0.5, 0.6) is 0 Å². The molecule has 3 aliphatic rings. The number of rotatable bonds is 5. The zero-order chi connectivity index (χ0) is 16.2. The molecular weight excluding hydrogens is 288 g/mol. The smallest absolute Gasteiger partial charge is 0.219 e. The molecule has 1 amide bonds. The Morgan fingerprint density at radius 1 is 1.00 bits per heavy atom. The molecular formula is C19H34N2O2. The summed E-state index contributed by atoms with van der Waals surface area (Å²) >= 11 is 0. The molecule has 2 heterocycles. The molecule has 4 heteroatoms. The van der Waals surface area contributed by atoms with E-state index in [0.717, 1.165) is 25.6 Å². The fraction of sp³-hybridized carbons (Fsp3) is 0.947. The molecule has 0 radical (unpaired) electrons. The first-order valence-corrected chi connectivity index (χ1v) is 9.79. The standard InChI is InChI=1S/C19H34N2O2/c1-15-7-3-4-10-19(15)23-14-13-20-11-5-8-17(20)18-9-6-12-21(18)16(2)22/h15,17-19H,3-14H2,1-2H3. The van der Waals surface area contributed by atoms with Crippen LogP contribution in [0.3, 0.4) is 0 Å². The van der Waals surface area contributed by atoms with Crippen LogP contribution in [0.1, 0.15) is 65.2 Å². The Kier molecular flexibility index (Phi) is 5.97. The minimum Gasteiger partial charge on any atom is -0.377 e. The SMILES string of the molecule is CC(=O)N1CCCC1C1CCCN1CCOC1CCCCC1C. The monoisotopic (exact) mass is 322 g/mol. The third-order valence-corrected chi connectivity index (χ3v) is 6.31. The maximum atomic E-state index is 11.9. The molecule has 3 fully saturated rings. The highest BCUT2D eigenvalue weighted by atomic mass is 16.5. The zero-order valence-electron chi connectivity index (χ0n) is 15.0. The molecule has 2 saturated heterocycles. The zero-order valence-corrected chi connectivity index (χ0v) is 15.0. The predicted molar refractivity (Wildman–Crippen MR) is 92.4 cm³/mol. The molecule has 4 atom stereocenters. The third-order valence-electron chi connectivity index (χ3n) is 6.31. The fourth-order valence-electron chi connectivity index (χ4n) is 5.00. The second kappa shape index (κ2) is 7.98. The largest absolute Gasteiger partial charge is 0.377 e. The molecule has 23 heavy (non-hydrogen) atoms. The normalized spacial score (nSPS) is 35.8. The van der Waals surface area contributed by atoms with E-state index in [-0.39, 0.29) is 5.91 Å². The van der Waals surface area contributed by atoms with Gasteiger partial charge in [0.15, 0.2) is 0 Å². The van der Waals surface area contributed by atoms with Gasteiger partial charge < -0.3 is 9.64 Å². The lowest BCUT2D eigenvalue weighted by Gasteiger charge is -2.35. The Bertz CT molecular complexity index is 401. The Hall–Kier alpha value is -0.610. The summed E-state index contributed by atoms with van der Waals surface area (Å²) in [7, 11) is 0. The van der Waals surface area contributed by atoms with E-state index in [9.17, 15) is 4.79 Å². The summed E-state index contributed by atoms with van der Waals surface area (Å²) in [5.74, 6) is 0.979. The van der Waals surface area contributed by atoms with E-state index in [1.54, 1.807) is 6.92 Å². The third kappa shape index (κ3) is 4.08. The Labute approximate surface area is 141 Å². The van der Waals surface area contributed by atoms with Crippen molar-refractivity contribution in [2.45, 2.75) is 83.4 Å². The van der Waals surface area contributed by atoms with E-state index in [1.807, 2.05) is 0 Å². The molecule has 2 aliphatic heterocycles. The van der Waals surface area contributed by atoms with Crippen LogP contribution >= 0.6 is 0 Å². The number of hydrogen-bond donors (Lipinski definition) is 0. The summed E-state index contributed by atoms with van der Waals surface area (Å²) in [5, 5.41) is 0. The molecule has 0 aromatic carbocycles. The van der Waals surface area contributed by atoms with Crippen LogP contribution in [0.15, 0.2) is 0 Å². The van der Waals surface area contributed by atoms with Crippen LogP contribution in [0.2, 0.25) is 0 Å². The molecule has 4 unspecified atom stereocenters. The quantitative estimate of drug-likeness (QED) is 0.780. The van der Waals surface area contributed by atoms with Crippen molar-refractivity contribution < 1.29 is 9.53 Å². The number of carbonyl (C=O) groups excluding carboxylic acids is 1. The number of carbonyl (C=O) groups is 1. The van der Waals surface area contributed by atoms with Crippen LogP contribution in [0.4, 0.5) is 0 Å². The van der Waals surface area contributed by atoms with E-state index in [4.69, 9.17) is 4.74 Å². The van der Waals surface area contributed by atoms with Gasteiger partial charge in [0.2, 0.25) is 5.91 Å². The van der Waals surface area contributed by atoms with Crippen LogP contribution < -0.4 is 0 Å². The molecule has 3 rings (SSSR count). The van der Waals surface area contributed by atoms with Gasteiger partial charge in [0.1, 0.15) is 0 Å². The fourth-order valence-corrected chi connectivity index (χ4v) is 5.00. The lowest BCUT2D eigenvalue weighted by atomic mass is 9.88. The highest BCUT2D eigenvalue weighted by Crippen LogP contribution is 2.30. The molecule has 0 aromatic heterocycles. The molecule has 1 aliphatic carbocycles. The van der Waals surface area contributed by atoms with Crippen molar-refractivity contribution in [1.29, 1.82) is 0 Å². The first-order chi connectivity index (χ1) is 11.2. The number of likely N-dealkylation sites (tertiary alicyclic amines) is 2. The van der Waals surface area contributed by atoms with E-state index >= 15 is 0 Å². The molecule has 0 N–H and O–H groups in total. The van der Waals surface area contributed by atoms with Crippen molar-refractivity contribution in [3.05, 3.63) is 0 Å². The van der Waals surface area contributed by atoms with Gasteiger partial charge in [-0.15, -0.1) is 0 Å². The van der Waals surface area contributed by atoms with E-state index in [0.29, 0.717) is 18.2 Å². The molecule has 4 nitrogen and oxygen atoms in total. The number of hydrogen-bond acceptors (Lipinski definition) is 3. The average molecular weight is 322 g/mol. The molecule has 0 bridgehead atoms. The second-order valence-corrected chi connectivity index (χ2v) is 7.84. The first-order valence-electron chi connectivity index (χ1n) is 9.79. The van der Waals surface area contributed by atoms with Crippen LogP contribution in [-0.2, 0) is 9.53 Å². The first kappa shape index (κ1) is 17.2. The molecule has 1 saturated carbocycles. The van der Waals surface area contributed by atoms with Crippen molar-refractivity contribution in [2.24, 2.45) is 5.92 Å². The maximum absolute atomic E-state index is 11.9. The van der Waals surface area contributed by atoms with Gasteiger partial charge in [-0.1, -0.05) is 19.8 Å². The number of ether oxygens (including phenoxy) is 1. The van der Waals surface area contributed by atoms with Gasteiger partial charge in [-0.3, -0.25) is 9.69 Å². The predicted octanol–water partition coefficient (Wildman–Crippen LogP) is 3.06. The highest BCUT2D eigenvalue weighted by Gasteiger charge is 2.38. The average Bonchev–Trinajstić information content (AvgIpc) is 3.17. The van der Waals surface area contributed by atoms with Crippen molar-refractivity contribution in [2.75, 3.05) is 26.2 Å². The number of amides is 1. The lowest BCUT2D eigenvalue weighted by Crippen LogP contribution is -2.48. The van der Waals surface area contributed by atoms with Crippen LogP contribution in [0, 0.1) is 5.92 Å². The van der Waals surface area contributed by atoms with E-state index in [1.165, 1.54) is 57.9 Å². The summed E-state index contributed by atoms with van der Waals surface area (Å²) < 4.78 is 6.22. The molecule has 132 valence electrons. The summed E-state index contributed by atoms with van der Waals surface area (Å²) in [5.41, 5.74) is 0. The Balaban J connectivity index is 1.48. The lowest BCUT2D eigenvalue weighted by molar-refractivity contribution is -0.130. The van der Waals surface area contributed by atoms with Gasteiger partial charge in [-0.25, -0.2) is 0 Å². The maximum Gasteiger partial charge on any atom is 0.219 e. The van der Waals surface area contributed by atoms with Crippen molar-refractivity contribution in [1.82, 2.24) is 9.80 Å². The molecule has 0 aromatic rings. The minimum absolute atomic E-state index is 0.256. The van der Waals surface area contributed by atoms with Gasteiger partial charge in [0.05, 0.1) is 12.7 Å². The second-order valence-electron chi connectivity index (χ2n) is 7.84. The summed E-state index contributed by atoms with van der Waals surface area (Å²) in [6.45, 7) is 8.10. The topological polar surface area (TPSA) is 32.8 Å². The summed E-state index contributed by atoms with van der Waals surface area (Å²) in [4.78, 5) is 16.6. The van der Waals surface area contributed by atoms with Gasteiger partial charge in [0.25, 0.3) is 0 Å². The summed E-state index contributed by atoms with van der Waals surface area (Å²) in [6, 6.07) is 1.01. The van der Waals surface area contributed by atoms with E-state index < -0.39 is 0 Å². The Morgan fingerprint density at radius 2 is 1.74 bits per heavy atom. The Morgan fingerprint density at radius 3 is 2.52 bits per heavy atom. The van der Waals surface area contributed by atoms with Crippen LogP contribution in [-0.4, -0.2) is 60.1 Å².